The van der Waals surface area contributed by atoms with E-state index in [0.29, 0.717) is 5.82 Å². The molecule has 7 heteroatoms. The van der Waals surface area contributed by atoms with Crippen LogP contribution >= 0.6 is 11.3 Å². The zero-order valence-electron chi connectivity index (χ0n) is 10.8. The SMILES string of the molecule is COC(=O)Cc1nnc2c3c(C)c(C)sc3ncn12. The van der Waals surface area contributed by atoms with Crippen molar-refractivity contribution < 1.29 is 9.53 Å². The molecule has 3 heterocycles. The zero-order valence-corrected chi connectivity index (χ0v) is 11.6. The normalized spacial score (nSPS) is 11.3. The Labute approximate surface area is 113 Å². The number of aryl methyl sites for hydroxylation is 2. The van der Waals surface area contributed by atoms with E-state index >= 15 is 0 Å². The van der Waals surface area contributed by atoms with E-state index in [1.165, 1.54) is 12.0 Å². The molecule has 0 amide bonds. The van der Waals surface area contributed by atoms with E-state index in [1.807, 2.05) is 6.92 Å². The lowest BCUT2D eigenvalue weighted by Crippen LogP contribution is -2.08. The van der Waals surface area contributed by atoms with E-state index in [2.05, 4.69) is 26.8 Å². The van der Waals surface area contributed by atoms with Gasteiger partial charge in [-0.15, -0.1) is 21.5 Å². The van der Waals surface area contributed by atoms with Crippen LogP contribution in [0, 0.1) is 13.8 Å². The number of esters is 1. The number of thiophene rings is 1. The van der Waals surface area contributed by atoms with Crippen LogP contribution in [-0.4, -0.2) is 32.7 Å². The van der Waals surface area contributed by atoms with Gasteiger partial charge < -0.3 is 4.74 Å². The Bertz CT molecular complexity index is 790. The van der Waals surface area contributed by atoms with E-state index in [1.54, 1.807) is 22.1 Å². The van der Waals surface area contributed by atoms with Crippen molar-refractivity contribution in [3.05, 3.63) is 22.6 Å². The number of hydrogen-bond acceptors (Lipinski definition) is 6. The fraction of sp³-hybridized carbons (Fsp3) is 0.333. The molecule has 98 valence electrons. The predicted octanol–water partition coefficient (Wildman–Crippen LogP) is 1.67. The van der Waals surface area contributed by atoms with Gasteiger partial charge in [-0.2, -0.15) is 0 Å². The van der Waals surface area contributed by atoms with Crippen molar-refractivity contribution in [3.8, 4) is 0 Å². The minimum atomic E-state index is -0.340. The van der Waals surface area contributed by atoms with Crippen LogP contribution in [0.4, 0.5) is 0 Å². The van der Waals surface area contributed by atoms with Gasteiger partial charge in [-0.3, -0.25) is 9.20 Å². The maximum Gasteiger partial charge on any atom is 0.313 e. The van der Waals surface area contributed by atoms with Crippen molar-refractivity contribution in [3.63, 3.8) is 0 Å². The number of nitrogens with zero attached hydrogens (tertiary/aromatic N) is 4. The molecule has 3 rings (SSSR count). The molecule has 0 atom stereocenters. The first-order chi connectivity index (χ1) is 9.11. The minimum Gasteiger partial charge on any atom is -0.469 e. The number of hydrogen-bond donors (Lipinski definition) is 0. The van der Waals surface area contributed by atoms with Gasteiger partial charge >= 0.3 is 5.97 Å². The number of aromatic nitrogens is 4. The Balaban J connectivity index is 2.25. The summed E-state index contributed by atoms with van der Waals surface area (Å²) in [4.78, 5) is 17.9. The summed E-state index contributed by atoms with van der Waals surface area (Å²) in [6.45, 7) is 4.11. The zero-order chi connectivity index (χ0) is 13.6. The molecule has 0 saturated heterocycles. The lowest BCUT2D eigenvalue weighted by Gasteiger charge is -1.99. The van der Waals surface area contributed by atoms with Gasteiger partial charge in [0.25, 0.3) is 0 Å². The molecule has 3 aromatic rings. The van der Waals surface area contributed by atoms with Gasteiger partial charge in [0.05, 0.1) is 12.5 Å². The van der Waals surface area contributed by atoms with E-state index in [4.69, 9.17) is 0 Å². The number of ether oxygens (including phenoxy) is 1. The summed E-state index contributed by atoms with van der Waals surface area (Å²) in [6, 6.07) is 0. The first kappa shape index (κ1) is 12.0. The van der Waals surface area contributed by atoms with Crippen LogP contribution < -0.4 is 0 Å². The van der Waals surface area contributed by atoms with Crippen molar-refractivity contribution in [2.24, 2.45) is 0 Å². The summed E-state index contributed by atoms with van der Waals surface area (Å²) in [5.41, 5.74) is 1.90. The second kappa shape index (κ2) is 4.27. The maximum atomic E-state index is 11.3. The Morgan fingerprint density at radius 3 is 2.95 bits per heavy atom. The number of rotatable bonds is 2. The van der Waals surface area contributed by atoms with Crippen LogP contribution in [0.15, 0.2) is 6.33 Å². The Hall–Kier alpha value is -2.02. The van der Waals surface area contributed by atoms with Gasteiger partial charge in [-0.25, -0.2) is 4.98 Å². The Morgan fingerprint density at radius 2 is 2.21 bits per heavy atom. The van der Waals surface area contributed by atoms with Crippen LogP contribution in [0.5, 0.6) is 0 Å². The molecule has 0 unspecified atom stereocenters. The summed E-state index contributed by atoms with van der Waals surface area (Å²) in [5.74, 6) is 0.201. The van der Waals surface area contributed by atoms with Crippen LogP contribution in [0.1, 0.15) is 16.3 Å². The largest absolute Gasteiger partial charge is 0.469 e. The third kappa shape index (κ3) is 1.77. The lowest BCUT2D eigenvalue weighted by molar-refractivity contribution is -0.139. The molecule has 6 nitrogen and oxygen atoms in total. The molecule has 0 N–H and O–H groups in total. The summed E-state index contributed by atoms with van der Waals surface area (Å²) in [6.07, 6.45) is 1.75. The van der Waals surface area contributed by atoms with Gasteiger partial charge in [0, 0.05) is 4.88 Å². The third-order valence-corrected chi connectivity index (χ3v) is 4.29. The van der Waals surface area contributed by atoms with Gasteiger partial charge in [0.1, 0.15) is 23.4 Å². The molecule has 0 saturated carbocycles. The van der Waals surface area contributed by atoms with Crippen molar-refractivity contribution >= 4 is 33.2 Å². The van der Waals surface area contributed by atoms with E-state index in [0.717, 1.165) is 21.4 Å². The van der Waals surface area contributed by atoms with Crippen LogP contribution in [0.25, 0.3) is 15.9 Å². The Kier molecular flexibility index (Phi) is 2.70. The van der Waals surface area contributed by atoms with Crippen molar-refractivity contribution in [1.29, 1.82) is 0 Å². The molecule has 0 fully saturated rings. The topological polar surface area (TPSA) is 69.4 Å². The van der Waals surface area contributed by atoms with Gasteiger partial charge in [0.2, 0.25) is 0 Å². The van der Waals surface area contributed by atoms with Crippen molar-refractivity contribution in [2.75, 3.05) is 7.11 Å². The minimum absolute atomic E-state index is 0.0903. The average Bonchev–Trinajstić information content (AvgIpc) is 2.92. The molecular weight excluding hydrogens is 264 g/mol. The first-order valence-electron chi connectivity index (χ1n) is 5.77. The molecule has 0 aliphatic heterocycles. The standard InChI is InChI=1S/C12H12N4O2S/c1-6-7(2)19-12-10(6)11-15-14-8(4-9(17)18-3)16(11)5-13-12/h5H,4H2,1-3H3. The molecule has 19 heavy (non-hydrogen) atoms. The van der Waals surface area contributed by atoms with E-state index in [-0.39, 0.29) is 12.4 Å². The summed E-state index contributed by atoms with van der Waals surface area (Å²) < 4.78 is 6.40. The molecule has 0 aromatic carbocycles. The Morgan fingerprint density at radius 1 is 1.42 bits per heavy atom. The smallest absolute Gasteiger partial charge is 0.313 e. The van der Waals surface area contributed by atoms with Gasteiger partial charge in [0.15, 0.2) is 5.65 Å². The van der Waals surface area contributed by atoms with Crippen LogP contribution in [0.2, 0.25) is 0 Å². The molecule has 0 bridgehead atoms. The number of carbonyl (C=O) groups is 1. The summed E-state index contributed by atoms with van der Waals surface area (Å²) >= 11 is 1.64. The maximum absolute atomic E-state index is 11.3. The number of fused-ring (bicyclic) bond motifs is 3. The highest BCUT2D eigenvalue weighted by atomic mass is 32.1. The monoisotopic (exact) mass is 276 g/mol. The molecule has 0 spiro atoms. The second-order valence-electron chi connectivity index (χ2n) is 4.27. The van der Waals surface area contributed by atoms with Gasteiger partial charge in [-0.05, 0) is 19.4 Å². The highest BCUT2D eigenvalue weighted by Crippen LogP contribution is 2.30. The third-order valence-electron chi connectivity index (χ3n) is 3.18. The van der Waals surface area contributed by atoms with Gasteiger partial charge in [-0.1, -0.05) is 0 Å². The van der Waals surface area contributed by atoms with E-state index < -0.39 is 0 Å². The fourth-order valence-electron chi connectivity index (χ4n) is 2.01. The molecule has 0 aliphatic rings. The average molecular weight is 276 g/mol. The van der Waals surface area contributed by atoms with Crippen LogP contribution in [0.3, 0.4) is 0 Å². The molecular formula is C12H12N4O2S. The molecule has 3 aromatic heterocycles. The van der Waals surface area contributed by atoms with Crippen molar-refractivity contribution in [1.82, 2.24) is 19.6 Å². The summed E-state index contributed by atoms with van der Waals surface area (Å²) in [7, 11) is 1.36. The fourth-order valence-corrected chi connectivity index (χ4v) is 3.00. The highest BCUT2D eigenvalue weighted by molar-refractivity contribution is 7.18. The highest BCUT2D eigenvalue weighted by Gasteiger charge is 2.16. The second-order valence-corrected chi connectivity index (χ2v) is 5.47. The first-order valence-corrected chi connectivity index (χ1v) is 6.58. The quantitative estimate of drug-likeness (QED) is 0.666. The van der Waals surface area contributed by atoms with Crippen molar-refractivity contribution in [2.45, 2.75) is 20.3 Å². The van der Waals surface area contributed by atoms with Crippen LogP contribution in [-0.2, 0) is 16.0 Å². The lowest BCUT2D eigenvalue weighted by atomic mass is 10.2. The number of carbonyl (C=O) groups excluding carboxylic acids is 1. The summed E-state index contributed by atoms with van der Waals surface area (Å²) in [5, 5.41) is 9.25. The number of methoxy groups -OCH3 is 1. The van der Waals surface area contributed by atoms with E-state index in [9.17, 15) is 4.79 Å². The predicted molar refractivity (Wildman–Crippen MR) is 71.4 cm³/mol. The molecule has 0 aliphatic carbocycles. The molecule has 0 radical (unpaired) electrons.